The molecular weight excluding hydrogens is 302 g/mol. The van der Waals surface area contributed by atoms with Gasteiger partial charge in [-0.3, -0.25) is 4.98 Å². The zero-order chi connectivity index (χ0) is 13.8. The Bertz CT molecular complexity index is 569. The van der Waals surface area contributed by atoms with Crippen LogP contribution in [0.5, 0.6) is 0 Å². The second-order valence-corrected chi connectivity index (χ2v) is 5.46. The molecule has 1 aromatic heterocycles. The highest BCUT2D eigenvalue weighted by Crippen LogP contribution is 2.24. The highest BCUT2D eigenvalue weighted by molar-refractivity contribution is 9.10. The van der Waals surface area contributed by atoms with E-state index >= 15 is 0 Å². The van der Waals surface area contributed by atoms with Crippen LogP contribution in [0.1, 0.15) is 17.0 Å². The lowest BCUT2D eigenvalue weighted by Gasteiger charge is -2.20. The molecule has 0 bridgehead atoms. The van der Waals surface area contributed by atoms with Crippen LogP contribution >= 0.6 is 15.9 Å². The molecule has 0 aliphatic heterocycles. The fourth-order valence-corrected chi connectivity index (χ4v) is 2.49. The van der Waals surface area contributed by atoms with Crippen LogP contribution in [0.15, 0.2) is 40.9 Å². The number of aryl methyl sites for hydroxylation is 1. The third kappa shape index (κ3) is 3.55. The fraction of sp³-hybridized carbons (Fsp3) is 0.267. The number of nitrogens with two attached hydrogens (primary N) is 1. The van der Waals surface area contributed by atoms with Crippen LogP contribution in [0.25, 0.3) is 0 Å². The van der Waals surface area contributed by atoms with E-state index < -0.39 is 0 Å². The van der Waals surface area contributed by atoms with Gasteiger partial charge in [0, 0.05) is 29.4 Å². The molecule has 0 aliphatic carbocycles. The maximum absolute atomic E-state index is 5.66. The highest BCUT2D eigenvalue weighted by atomic mass is 79.9. The maximum atomic E-state index is 5.66. The van der Waals surface area contributed by atoms with Crippen LogP contribution in [0, 0.1) is 6.92 Å². The summed E-state index contributed by atoms with van der Waals surface area (Å²) in [4.78, 5) is 6.69. The summed E-state index contributed by atoms with van der Waals surface area (Å²) in [6, 6.07) is 12.3. The SMILES string of the molecule is Cc1cccc(CN(C)c2ccc(CN)c(Br)c2)n1. The van der Waals surface area contributed by atoms with E-state index in [4.69, 9.17) is 5.73 Å². The first-order valence-electron chi connectivity index (χ1n) is 6.22. The number of anilines is 1. The first-order chi connectivity index (χ1) is 9.10. The van der Waals surface area contributed by atoms with Crippen molar-refractivity contribution in [1.82, 2.24) is 4.98 Å². The number of benzene rings is 1. The van der Waals surface area contributed by atoms with Gasteiger partial charge in [0.25, 0.3) is 0 Å². The predicted molar refractivity (Wildman–Crippen MR) is 83.1 cm³/mol. The number of aromatic nitrogens is 1. The van der Waals surface area contributed by atoms with Crippen LogP contribution in [0.2, 0.25) is 0 Å². The molecule has 3 nitrogen and oxygen atoms in total. The van der Waals surface area contributed by atoms with Crippen molar-refractivity contribution in [1.29, 1.82) is 0 Å². The molecule has 0 atom stereocenters. The van der Waals surface area contributed by atoms with Gasteiger partial charge >= 0.3 is 0 Å². The van der Waals surface area contributed by atoms with E-state index in [2.05, 4.69) is 51.1 Å². The van der Waals surface area contributed by atoms with Gasteiger partial charge in [0.05, 0.1) is 12.2 Å². The van der Waals surface area contributed by atoms with Gasteiger partial charge in [0.2, 0.25) is 0 Å². The van der Waals surface area contributed by atoms with Crippen LogP contribution in [-0.4, -0.2) is 12.0 Å². The molecule has 0 amide bonds. The van der Waals surface area contributed by atoms with Crippen molar-refractivity contribution in [2.45, 2.75) is 20.0 Å². The van der Waals surface area contributed by atoms with Crippen molar-refractivity contribution in [2.24, 2.45) is 5.73 Å². The molecule has 2 aromatic rings. The predicted octanol–water partition coefficient (Wildman–Crippen LogP) is 3.25. The van der Waals surface area contributed by atoms with E-state index in [0.29, 0.717) is 6.54 Å². The van der Waals surface area contributed by atoms with Crippen molar-refractivity contribution < 1.29 is 0 Å². The van der Waals surface area contributed by atoms with Crippen molar-refractivity contribution in [3.05, 3.63) is 57.8 Å². The van der Waals surface area contributed by atoms with Crippen LogP contribution in [0.3, 0.4) is 0 Å². The summed E-state index contributed by atoms with van der Waals surface area (Å²) in [5.74, 6) is 0. The summed E-state index contributed by atoms with van der Waals surface area (Å²) >= 11 is 3.55. The lowest BCUT2D eigenvalue weighted by molar-refractivity contribution is 0.875. The fourth-order valence-electron chi connectivity index (χ4n) is 1.96. The molecule has 0 fully saturated rings. The summed E-state index contributed by atoms with van der Waals surface area (Å²) in [5.41, 5.74) is 10.0. The lowest BCUT2D eigenvalue weighted by Crippen LogP contribution is -2.17. The van der Waals surface area contributed by atoms with Crippen molar-refractivity contribution in [2.75, 3.05) is 11.9 Å². The molecule has 0 radical (unpaired) electrons. The molecule has 0 saturated heterocycles. The molecule has 2 N–H and O–H groups in total. The number of pyridine rings is 1. The Kier molecular flexibility index (Phi) is 4.56. The van der Waals surface area contributed by atoms with E-state index in [1.54, 1.807) is 0 Å². The van der Waals surface area contributed by atoms with Crippen molar-refractivity contribution in [3.8, 4) is 0 Å². The molecule has 1 aromatic carbocycles. The standard InChI is InChI=1S/C15H18BrN3/c1-11-4-3-5-13(18-11)10-19(2)14-7-6-12(9-17)15(16)8-14/h3-8H,9-10,17H2,1-2H3. The van der Waals surface area contributed by atoms with E-state index in [1.807, 2.05) is 25.1 Å². The van der Waals surface area contributed by atoms with Crippen LogP contribution in [-0.2, 0) is 13.1 Å². The number of hydrogen-bond donors (Lipinski definition) is 1. The van der Waals surface area contributed by atoms with E-state index in [1.165, 1.54) is 0 Å². The van der Waals surface area contributed by atoms with E-state index in [0.717, 1.165) is 33.7 Å². The minimum atomic E-state index is 0.546. The Labute approximate surface area is 122 Å². The van der Waals surface area contributed by atoms with Gasteiger partial charge in [0.1, 0.15) is 0 Å². The average Bonchev–Trinajstić information content (AvgIpc) is 2.38. The molecule has 0 saturated carbocycles. The van der Waals surface area contributed by atoms with Crippen LogP contribution in [0.4, 0.5) is 5.69 Å². The van der Waals surface area contributed by atoms with Gasteiger partial charge in [0.15, 0.2) is 0 Å². The summed E-state index contributed by atoms with van der Waals surface area (Å²) in [5, 5.41) is 0. The average molecular weight is 320 g/mol. The van der Waals surface area contributed by atoms with E-state index in [9.17, 15) is 0 Å². The number of rotatable bonds is 4. The van der Waals surface area contributed by atoms with Gasteiger partial charge < -0.3 is 10.6 Å². The largest absolute Gasteiger partial charge is 0.369 e. The monoisotopic (exact) mass is 319 g/mol. The Morgan fingerprint density at radius 1 is 1.26 bits per heavy atom. The number of hydrogen-bond acceptors (Lipinski definition) is 3. The molecule has 1 heterocycles. The lowest BCUT2D eigenvalue weighted by atomic mass is 10.2. The Morgan fingerprint density at radius 2 is 2.05 bits per heavy atom. The Hall–Kier alpha value is -1.39. The number of halogens is 1. The topological polar surface area (TPSA) is 42.1 Å². The third-order valence-corrected chi connectivity index (χ3v) is 3.78. The first kappa shape index (κ1) is 14.0. The molecule has 0 aliphatic rings. The second kappa shape index (κ2) is 6.17. The molecule has 0 spiro atoms. The summed E-state index contributed by atoms with van der Waals surface area (Å²) in [7, 11) is 2.06. The molecule has 0 unspecified atom stereocenters. The smallest absolute Gasteiger partial charge is 0.0600 e. The van der Waals surface area contributed by atoms with Crippen molar-refractivity contribution >= 4 is 21.6 Å². The van der Waals surface area contributed by atoms with Gasteiger partial charge in [-0.05, 0) is 36.8 Å². The second-order valence-electron chi connectivity index (χ2n) is 4.61. The minimum absolute atomic E-state index is 0.546. The highest BCUT2D eigenvalue weighted by Gasteiger charge is 2.06. The zero-order valence-corrected chi connectivity index (χ0v) is 12.8. The minimum Gasteiger partial charge on any atom is -0.369 e. The van der Waals surface area contributed by atoms with Gasteiger partial charge in [-0.15, -0.1) is 0 Å². The Morgan fingerprint density at radius 3 is 2.68 bits per heavy atom. The Balaban J connectivity index is 2.15. The van der Waals surface area contributed by atoms with Gasteiger partial charge in [-0.25, -0.2) is 0 Å². The van der Waals surface area contributed by atoms with Gasteiger partial charge in [-0.2, -0.15) is 0 Å². The third-order valence-electron chi connectivity index (χ3n) is 3.04. The van der Waals surface area contributed by atoms with Gasteiger partial charge in [-0.1, -0.05) is 28.1 Å². The molecule has 19 heavy (non-hydrogen) atoms. The summed E-state index contributed by atoms with van der Waals surface area (Å²) < 4.78 is 1.05. The van der Waals surface area contributed by atoms with Crippen LogP contribution < -0.4 is 10.6 Å². The molecule has 4 heteroatoms. The molecule has 100 valence electrons. The van der Waals surface area contributed by atoms with E-state index in [-0.39, 0.29) is 0 Å². The van der Waals surface area contributed by atoms with Crippen molar-refractivity contribution in [3.63, 3.8) is 0 Å². The summed E-state index contributed by atoms with van der Waals surface area (Å²) in [6.07, 6.45) is 0. The first-order valence-corrected chi connectivity index (χ1v) is 7.01. The summed E-state index contributed by atoms with van der Waals surface area (Å²) in [6.45, 7) is 3.34. The number of nitrogens with zero attached hydrogens (tertiary/aromatic N) is 2. The normalized spacial score (nSPS) is 10.5. The maximum Gasteiger partial charge on any atom is 0.0600 e. The molecule has 2 rings (SSSR count). The zero-order valence-electron chi connectivity index (χ0n) is 11.2. The molecular formula is C15H18BrN3. The quantitative estimate of drug-likeness (QED) is 0.940.